The summed E-state index contributed by atoms with van der Waals surface area (Å²) in [5.41, 5.74) is 2.40. The van der Waals surface area contributed by atoms with Crippen molar-refractivity contribution >= 4 is 33.2 Å². The summed E-state index contributed by atoms with van der Waals surface area (Å²) in [6, 6.07) is 18.2. The molecule has 0 heterocycles. The highest BCUT2D eigenvalue weighted by Crippen LogP contribution is 2.26. The Labute approximate surface area is 193 Å². The Balaban J connectivity index is 1.69. The van der Waals surface area contributed by atoms with Crippen molar-refractivity contribution < 1.29 is 17.9 Å². The second-order valence-electron chi connectivity index (χ2n) is 7.31. The van der Waals surface area contributed by atoms with E-state index in [4.69, 9.17) is 16.3 Å². The molecule has 0 saturated carbocycles. The minimum Gasteiger partial charge on any atom is -0.494 e. The lowest BCUT2D eigenvalue weighted by Crippen LogP contribution is -2.26. The highest BCUT2D eigenvalue weighted by atomic mass is 35.5. The van der Waals surface area contributed by atoms with Gasteiger partial charge in [0.05, 0.1) is 28.3 Å². The number of amides is 1. The summed E-state index contributed by atoms with van der Waals surface area (Å²) in [5, 5.41) is 3.04. The van der Waals surface area contributed by atoms with E-state index in [1.165, 1.54) is 30.3 Å². The van der Waals surface area contributed by atoms with E-state index in [0.29, 0.717) is 12.2 Å². The van der Waals surface area contributed by atoms with Gasteiger partial charge in [0.2, 0.25) is 0 Å². The molecule has 168 valence electrons. The van der Waals surface area contributed by atoms with Crippen molar-refractivity contribution in [3.8, 4) is 5.75 Å². The Hall–Kier alpha value is -3.03. The van der Waals surface area contributed by atoms with Gasteiger partial charge in [-0.2, -0.15) is 0 Å². The van der Waals surface area contributed by atoms with Crippen molar-refractivity contribution in [2.75, 3.05) is 11.3 Å². The molecule has 0 radical (unpaired) electrons. The van der Waals surface area contributed by atoms with E-state index in [0.717, 1.165) is 16.9 Å². The SMILES string of the molecule is CCOc1ccc([C@@H](C)NC(=O)c2ccc(NS(=O)(=O)c3ccc(C)cc3)c(Cl)c2)cc1. The third-order valence-corrected chi connectivity index (χ3v) is 6.54. The van der Waals surface area contributed by atoms with Crippen LogP contribution in [0.15, 0.2) is 71.6 Å². The van der Waals surface area contributed by atoms with Crippen LogP contribution < -0.4 is 14.8 Å². The van der Waals surface area contributed by atoms with Gasteiger partial charge in [0.1, 0.15) is 5.75 Å². The van der Waals surface area contributed by atoms with E-state index in [2.05, 4.69) is 10.0 Å². The number of hydrogen-bond acceptors (Lipinski definition) is 4. The van der Waals surface area contributed by atoms with Gasteiger partial charge in [0, 0.05) is 5.56 Å². The van der Waals surface area contributed by atoms with Gasteiger partial charge in [-0.3, -0.25) is 9.52 Å². The van der Waals surface area contributed by atoms with Crippen LogP contribution in [0.4, 0.5) is 5.69 Å². The number of sulfonamides is 1. The number of nitrogens with one attached hydrogen (secondary N) is 2. The maximum atomic E-state index is 12.7. The fourth-order valence-corrected chi connectivity index (χ4v) is 4.41. The van der Waals surface area contributed by atoms with Crippen LogP contribution in [0, 0.1) is 6.92 Å². The van der Waals surface area contributed by atoms with Crippen LogP contribution in [0.25, 0.3) is 0 Å². The van der Waals surface area contributed by atoms with Crippen LogP contribution in [0.2, 0.25) is 5.02 Å². The lowest BCUT2D eigenvalue weighted by molar-refractivity contribution is 0.0940. The zero-order chi connectivity index (χ0) is 23.3. The minimum absolute atomic E-state index is 0.127. The van der Waals surface area contributed by atoms with E-state index in [9.17, 15) is 13.2 Å². The molecule has 0 aliphatic heterocycles. The molecule has 0 saturated heterocycles. The van der Waals surface area contributed by atoms with Crippen molar-refractivity contribution in [3.63, 3.8) is 0 Å². The molecule has 6 nitrogen and oxygen atoms in total. The molecular formula is C24H25ClN2O4S. The number of anilines is 1. The van der Waals surface area contributed by atoms with Gasteiger partial charge in [-0.05, 0) is 68.8 Å². The quantitative estimate of drug-likeness (QED) is 0.463. The second kappa shape index (κ2) is 10.1. The van der Waals surface area contributed by atoms with E-state index >= 15 is 0 Å². The Morgan fingerprint density at radius 3 is 2.28 bits per heavy atom. The predicted molar refractivity (Wildman–Crippen MR) is 127 cm³/mol. The number of benzene rings is 3. The Kier molecular flexibility index (Phi) is 7.43. The average Bonchev–Trinajstić information content (AvgIpc) is 2.76. The van der Waals surface area contributed by atoms with Crippen molar-refractivity contribution in [3.05, 3.63) is 88.4 Å². The Morgan fingerprint density at radius 1 is 1.03 bits per heavy atom. The monoisotopic (exact) mass is 472 g/mol. The fraction of sp³-hybridized carbons (Fsp3) is 0.208. The van der Waals surface area contributed by atoms with Gasteiger partial charge in [0.25, 0.3) is 15.9 Å². The zero-order valence-corrected chi connectivity index (χ0v) is 19.6. The van der Waals surface area contributed by atoms with Gasteiger partial charge in [-0.15, -0.1) is 0 Å². The van der Waals surface area contributed by atoms with Gasteiger partial charge in [-0.25, -0.2) is 8.42 Å². The summed E-state index contributed by atoms with van der Waals surface area (Å²) < 4.78 is 33.1. The number of ether oxygens (including phenoxy) is 1. The van der Waals surface area contributed by atoms with Crippen LogP contribution in [-0.4, -0.2) is 20.9 Å². The fourth-order valence-electron chi connectivity index (χ4n) is 3.04. The third-order valence-electron chi connectivity index (χ3n) is 4.85. The molecule has 1 amide bonds. The predicted octanol–water partition coefficient (Wildman–Crippen LogP) is 5.34. The van der Waals surface area contributed by atoms with E-state index in [1.807, 2.05) is 45.0 Å². The van der Waals surface area contributed by atoms with E-state index in [1.54, 1.807) is 12.1 Å². The first-order valence-electron chi connectivity index (χ1n) is 10.1. The van der Waals surface area contributed by atoms with Crippen LogP contribution in [0.5, 0.6) is 5.75 Å². The maximum Gasteiger partial charge on any atom is 0.261 e. The number of halogens is 1. The standard InChI is InChI=1S/C24H25ClN2O4S/c1-4-31-20-10-7-18(8-11-20)17(3)26-24(28)19-9-14-23(22(25)15-19)27-32(29,30)21-12-5-16(2)6-13-21/h5-15,17,27H,4H2,1-3H3,(H,26,28)/t17-/m1/s1. The molecule has 0 aliphatic rings. The molecule has 0 aromatic heterocycles. The highest BCUT2D eigenvalue weighted by Gasteiger charge is 2.18. The Bertz CT molecular complexity index is 1190. The lowest BCUT2D eigenvalue weighted by Gasteiger charge is -2.16. The third kappa shape index (κ3) is 5.81. The largest absolute Gasteiger partial charge is 0.494 e. The van der Waals surface area contributed by atoms with E-state index < -0.39 is 10.0 Å². The molecule has 1 atom stereocenters. The van der Waals surface area contributed by atoms with Crippen molar-refractivity contribution in [2.45, 2.75) is 31.7 Å². The number of aryl methyl sites for hydroxylation is 1. The summed E-state index contributed by atoms with van der Waals surface area (Å²) in [7, 11) is -3.79. The first kappa shape index (κ1) is 23.6. The topological polar surface area (TPSA) is 84.5 Å². The molecular weight excluding hydrogens is 448 g/mol. The summed E-state index contributed by atoms with van der Waals surface area (Å²) in [4.78, 5) is 12.8. The van der Waals surface area contributed by atoms with Crippen LogP contribution in [-0.2, 0) is 10.0 Å². The summed E-state index contributed by atoms with van der Waals surface area (Å²) in [6.45, 7) is 6.25. The average molecular weight is 473 g/mol. The molecule has 0 aliphatic carbocycles. The molecule has 3 rings (SSSR count). The van der Waals surface area contributed by atoms with Gasteiger partial charge in [0.15, 0.2) is 0 Å². The molecule has 0 fully saturated rings. The first-order chi connectivity index (χ1) is 15.2. The molecule has 8 heteroatoms. The van der Waals surface area contributed by atoms with Crippen LogP contribution >= 0.6 is 11.6 Å². The number of hydrogen-bond donors (Lipinski definition) is 2. The van der Waals surface area contributed by atoms with Crippen molar-refractivity contribution in [1.82, 2.24) is 5.32 Å². The molecule has 3 aromatic rings. The summed E-state index contributed by atoms with van der Waals surface area (Å²) in [5.74, 6) is 0.450. The first-order valence-corrected chi connectivity index (χ1v) is 12.0. The molecule has 2 N–H and O–H groups in total. The van der Waals surface area contributed by atoms with Gasteiger partial charge >= 0.3 is 0 Å². The van der Waals surface area contributed by atoms with Crippen molar-refractivity contribution in [2.24, 2.45) is 0 Å². The van der Waals surface area contributed by atoms with Crippen molar-refractivity contribution in [1.29, 1.82) is 0 Å². The maximum absolute atomic E-state index is 12.7. The zero-order valence-electron chi connectivity index (χ0n) is 18.1. The smallest absolute Gasteiger partial charge is 0.261 e. The molecule has 0 unspecified atom stereocenters. The van der Waals surface area contributed by atoms with Crippen LogP contribution in [0.3, 0.4) is 0 Å². The summed E-state index contributed by atoms with van der Waals surface area (Å²) in [6.07, 6.45) is 0. The number of rotatable bonds is 8. The molecule has 0 spiro atoms. The van der Waals surface area contributed by atoms with Crippen LogP contribution in [0.1, 0.15) is 41.4 Å². The molecule has 32 heavy (non-hydrogen) atoms. The minimum atomic E-state index is -3.79. The number of carbonyl (C=O) groups excluding carboxylic acids is 1. The summed E-state index contributed by atoms with van der Waals surface area (Å²) >= 11 is 6.27. The van der Waals surface area contributed by atoms with Gasteiger partial charge in [-0.1, -0.05) is 41.4 Å². The highest BCUT2D eigenvalue weighted by molar-refractivity contribution is 7.92. The number of carbonyl (C=O) groups is 1. The Morgan fingerprint density at radius 2 is 1.69 bits per heavy atom. The normalized spacial score (nSPS) is 12.1. The molecule has 3 aromatic carbocycles. The van der Waals surface area contributed by atoms with E-state index in [-0.39, 0.29) is 27.6 Å². The van der Waals surface area contributed by atoms with Gasteiger partial charge < -0.3 is 10.1 Å². The lowest BCUT2D eigenvalue weighted by atomic mass is 10.1. The molecule has 0 bridgehead atoms. The second-order valence-corrected chi connectivity index (χ2v) is 9.40.